The smallest absolute Gasteiger partial charge is 0.418 e. The molecule has 0 amide bonds. The number of hydrogen-bond donors (Lipinski definition) is 1. The van der Waals surface area contributed by atoms with Gasteiger partial charge in [-0.3, -0.25) is 4.79 Å². The molecule has 174 valence electrons. The molecule has 3 heterocycles. The second kappa shape index (κ2) is 7.92. The summed E-state index contributed by atoms with van der Waals surface area (Å²) in [6.45, 7) is 4.28. The first-order chi connectivity index (χ1) is 14.9. The number of rotatable bonds is 5. The topological polar surface area (TPSA) is 54.7 Å². The molecule has 5 nitrogen and oxygen atoms in total. The first kappa shape index (κ1) is 22.9. The number of halogens is 3. The fourth-order valence-electron chi connectivity index (χ4n) is 5.02. The number of likely N-dealkylation sites (N-methyl/N-ethyl adjacent to an activating group) is 1. The van der Waals surface area contributed by atoms with Crippen molar-refractivity contribution in [2.24, 2.45) is 0 Å². The van der Waals surface area contributed by atoms with E-state index in [1.54, 1.807) is 19.9 Å². The van der Waals surface area contributed by atoms with E-state index in [-0.39, 0.29) is 5.43 Å². The van der Waals surface area contributed by atoms with Crippen molar-refractivity contribution in [3.05, 3.63) is 63.1 Å². The van der Waals surface area contributed by atoms with E-state index in [1.807, 2.05) is 24.1 Å². The number of nitrogens with zero attached hydrogens (tertiary/aromatic N) is 2. The molecule has 0 fully saturated rings. The van der Waals surface area contributed by atoms with Gasteiger partial charge in [0.05, 0.1) is 13.2 Å². The maximum absolute atomic E-state index is 14.3. The number of aliphatic hydroxyl groups is 1. The number of fused-ring (bicyclic) bond motifs is 2. The van der Waals surface area contributed by atoms with Crippen molar-refractivity contribution in [2.45, 2.75) is 63.4 Å². The maximum atomic E-state index is 14.3. The molecular weight excluding hydrogens is 421 g/mol. The molecule has 0 bridgehead atoms. The molecule has 0 radical (unpaired) electrons. The van der Waals surface area contributed by atoms with Crippen LogP contribution in [0, 0.1) is 0 Å². The molecule has 0 saturated heterocycles. The molecule has 32 heavy (non-hydrogen) atoms. The van der Waals surface area contributed by atoms with Crippen LogP contribution in [0.1, 0.15) is 42.7 Å². The van der Waals surface area contributed by atoms with Crippen LogP contribution in [0.2, 0.25) is 0 Å². The van der Waals surface area contributed by atoms with Crippen molar-refractivity contribution >= 4 is 0 Å². The molecule has 4 rings (SSSR count). The molecule has 0 spiro atoms. The van der Waals surface area contributed by atoms with Gasteiger partial charge in [0.15, 0.2) is 11.0 Å². The summed E-state index contributed by atoms with van der Waals surface area (Å²) in [6, 6.07) is 6.81. The van der Waals surface area contributed by atoms with Crippen LogP contribution in [0.3, 0.4) is 0 Å². The zero-order chi connectivity index (χ0) is 23.3. The summed E-state index contributed by atoms with van der Waals surface area (Å²) in [5, 5.41) is 11.1. The minimum atomic E-state index is -4.86. The van der Waals surface area contributed by atoms with Crippen molar-refractivity contribution in [1.29, 1.82) is 0 Å². The third kappa shape index (κ3) is 4.06. The SMILES string of the molecule is CN1CCc2c(c(=O)ccn2CC(O)(CC(C)(C)c2cccc3c2OCC3)C(F)(F)F)C1. The van der Waals surface area contributed by atoms with Crippen LogP contribution in [0.5, 0.6) is 5.75 Å². The van der Waals surface area contributed by atoms with Crippen molar-refractivity contribution in [2.75, 3.05) is 20.2 Å². The highest BCUT2D eigenvalue weighted by atomic mass is 19.4. The molecule has 1 aromatic carbocycles. The molecule has 1 atom stereocenters. The largest absolute Gasteiger partial charge is 0.493 e. The Morgan fingerprint density at radius 3 is 2.62 bits per heavy atom. The predicted molar refractivity (Wildman–Crippen MR) is 115 cm³/mol. The average molecular weight is 451 g/mol. The van der Waals surface area contributed by atoms with Crippen LogP contribution in [0.25, 0.3) is 0 Å². The Morgan fingerprint density at radius 2 is 1.91 bits per heavy atom. The fourth-order valence-corrected chi connectivity index (χ4v) is 5.02. The van der Waals surface area contributed by atoms with Crippen LogP contribution in [0.15, 0.2) is 35.3 Å². The fraction of sp³-hybridized carbons (Fsp3) is 0.542. The first-order valence-corrected chi connectivity index (χ1v) is 10.9. The molecule has 2 aromatic rings. The Labute approximate surface area is 185 Å². The molecule has 1 N–H and O–H groups in total. The Bertz CT molecular complexity index is 1080. The van der Waals surface area contributed by atoms with Gasteiger partial charge in [-0.15, -0.1) is 0 Å². The zero-order valence-electron chi connectivity index (χ0n) is 18.6. The van der Waals surface area contributed by atoms with Gasteiger partial charge >= 0.3 is 6.18 Å². The highest BCUT2D eigenvalue weighted by Crippen LogP contribution is 2.46. The van der Waals surface area contributed by atoms with Gasteiger partial charge in [0.1, 0.15) is 5.75 Å². The van der Waals surface area contributed by atoms with Crippen molar-refractivity contribution < 1.29 is 23.0 Å². The number of pyridine rings is 1. The molecule has 2 aliphatic rings. The summed E-state index contributed by atoms with van der Waals surface area (Å²) >= 11 is 0. The molecule has 2 aliphatic heterocycles. The number of aromatic nitrogens is 1. The van der Waals surface area contributed by atoms with E-state index in [4.69, 9.17) is 4.74 Å². The highest BCUT2D eigenvalue weighted by Gasteiger charge is 2.56. The highest BCUT2D eigenvalue weighted by molar-refractivity contribution is 5.47. The minimum absolute atomic E-state index is 0.185. The van der Waals surface area contributed by atoms with E-state index in [1.165, 1.54) is 16.8 Å². The van der Waals surface area contributed by atoms with Gasteiger partial charge < -0.3 is 19.3 Å². The standard InChI is InChI=1S/C24H29F3N2O3/c1-22(2,18-6-4-5-16-9-12-32-21(16)18)14-23(31,24(25,26)27)15-29-11-8-20(30)17-13-28(3)10-7-19(17)29/h4-6,8,11,31H,7,9-10,12-15H2,1-3H3. The number of hydrogen-bond acceptors (Lipinski definition) is 4. The summed E-state index contributed by atoms with van der Waals surface area (Å²) < 4.78 is 50.1. The van der Waals surface area contributed by atoms with Crippen LogP contribution in [0.4, 0.5) is 13.2 Å². The van der Waals surface area contributed by atoms with E-state index in [0.29, 0.717) is 48.7 Å². The van der Waals surface area contributed by atoms with E-state index in [2.05, 4.69) is 0 Å². The Hall–Kier alpha value is -2.32. The Morgan fingerprint density at radius 1 is 1.16 bits per heavy atom. The number of para-hydroxylation sites is 1. The van der Waals surface area contributed by atoms with Crippen molar-refractivity contribution in [3.63, 3.8) is 0 Å². The molecule has 1 aromatic heterocycles. The lowest BCUT2D eigenvalue weighted by molar-refractivity contribution is -0.271. The third-order valence-electron chi connectivity index (χ3n) is 6.69. The average Bonchev–Trinajstić information content (AvgIpc) is 3.18. The lowest BCUT2D eigenvalue weighted by atomic mass is 9.74. The van der Waals surface area contributed by atoms with Gasteiger partial charge in [-0.25, -0.2) is 0 Å². The van der Waals surface area contributed by atoms with Gasteiger partial charge in [0, 0.05) is 55.0 Å². The lowest BCUT2D eigenvalue weighted by Gasteiger charge is -2.39. The van der Waals surface area contributed by atoms with E-state index < -0.39 is 30.2 Å². The van der Waals surface area contributed by atoms with E-state index >= 15 is 0 Å². The second-order valence-corrected chi connectivity index (χ2v) is 9.70. The molecule has 1 unspecified atom stereocenters. The Balaban J connectivity index is 1.71. The number of ether oxygens (including phenoxy) is 1. The van der Waals surface area contributed by atoms with Crippen LogP contribution >= 0.6 is 0 Å². The molecule has 8 heteroatoms. The molecular formula is C24H29F3N2O3. The van der Waals surface area contributed by atoms with Gasteiger partial charge in [0.2, 0.25) is 0 Å². The van der Waals surface area contributed by atoms with Crippen molar-refractivity contribution in [3.8, 4) is 5.75 Å². The summed E-state index contributed by atoms with van der Waals surface area (Å²) in [4.78, 5) is 14.3. The normalized spacial score (nSPS) is 18.6. The molecule has 0 aliphatic carbocycles. The maximum Gasteiger partial charge on any atom is 0.418 e. The predicted octanol–water partition coefficient (Wildman–Crippen LogP) is 3.43. The van der Waals surface area contributed by atoms with Gasteiger partial charge in [-0.05, 0) is 24.4 Å². The summed E-state index contributed by atoms with van der Waals surface area (Å²) in [7, 11) is 1.87. The first-order valence-electron chi connectivity index (χ1n) is 10.9. The van der Waals surface area contributed by atoms with Gasteiger partial charge in [-0.2, -0.15) is 13.2 Å². The quantitative estimate of drug-likeness (QED) is 0.759. The van der Waals surface area contributed by atoms with Gasteiger partial charge in [-0.1, -0.05) is 32.0 Å². The Kier molecular flexibility index (Phi) is 5.66. The van der Waals surface area contributed by atoms with E-state index in [0.717, 1.165) is 12.0 Å². The summed E-state index contributed by atoms with van der Waals surface area (Å²) in [6.07, 6.45) is -2.84. The van der Waals surface area contributed by atoms with Gasteiger partial charge in [0.25, 0.3) is 0 Å². The monoisotopic (exact) mass is 450 g/mol. The number of benzene rings is 1. The summed E-state index contributed by atoms with van der Waals surface area (Å²) in [5.41, 5.74) is -1.46. The molecule has 0 saturated carbocycles. The van der Waals surface area contributed by atoms with Crippen molar-refractivity contribution in [1.82, 2.24) is 9.47 Å². The van der Waals surface area contributed by atoms with Crippen LogP contribution in [-0.2, 0) is 31.3 Å². The van der Waals surface area contributed by atoms with Crippen LogP contribution < -0.4 is 10.2 Å². The lowest BCUT2D eigenvalue weighted by Crippen LogP contribution is -2.52. The minimum Gasteiger partial charge on any atom is -0.493 e. The number of alkyl halides is 3. The van der Waals surface area contributed by atoms with Crippen LogP contribution in [-0.4, -0.2) is 46.6 Å². The summed E-state index contributed by atoms with van der Waals surface area (Å²) in [5.74, 6) is 0.630. The third-order valence-corrected chi connectivity index (χ3v) is 6.69. The second-order valence-electron chi connectivity index (χ2n) is 9.70. The van der Waals surface area contributed by atoms with E-state index in [9.17, 15) is 23.1 Å². The zero-order valence-corrected chi connectivity index (χ0v) is 18.6.